The number of carbonyl (C=O) groups excluding carboxylic acids is 1. The van der Waals surface area contributed by atoms with E-state index in [1.54, 1.807) is 18.3 Å². The monoisotopic (exact) mass is 273 g/mol. The second-order valence-electron chi connectivity index (χ2n) is 4.75. The van der Waals surface area contributed by atoms with Gasteiger partial charge in [-0.15, -0.1) is 0 Å². The van der Waals surface area contributed by atoms with E-state index in [1.165, 1.54) is 0 Å². The van der Waals surface area contributed by atoms with Crippen LogP contribution < -0.4 is 10.6 Å². The van der Waals surface area contributed by atoms with Crippen molar-refractivity contribution in [2.75, 3.05) is 11.9 Å². The fourth-order valence-corrected chi connectivity index (χ4v) is 2.17. The molecule has 2 aromatic heterocycles. The average molecular weight is 273 g/mol. The van der Waals surface area contributed by atoms with Gasteiger partial charge in [0.15, 0.2) is 0 Å². The summed E-state index contributed by atoms with van der Waals surface area (Å²) >= 11 is 0. The Morgan fingerprint density at radius 1 is 1.55 bits per heavy atom. The van der Waals surface area contributed by atoms with Gasteiger partial charge in [0, 0.05) is 17.6 Å². The highest BCUT2D eigenvalue weighted by Gasteiger charge is 2.24. The Kier molecular flexibility index (Phi) is 3.42. The molecular formula is C13H15N5O2. The molecule has 1 amide bonds. The number of aryl methyl sites for hydroxylation is 1. The molecule has 0 bridgehead atoms. The Bertz CT molecular complexity index is 619. The fraction of sp³-hybridized carbons (Fsp3) is 0.385. The molecule has 2 aromatic rings. The molecule has 1 saturated heterocycles. The van der Waals surface area contributed by atoms with Gasteiger partial charge in [-0.05, 0) is 38.4 Å². The molecule has 104 valence electrons. The van der Waals surface area contributed by atoms with Gasteiger partial charge in [0.2, 0.25) is 5.89 Å². The summed E-state index contributed by atoms with van der Waals surface area (Å²) in [6.07, 6.45) is 3.66. The van der Waals surface area contributed by atoms with Crippen molar-refractivity contribution in [1.29, 1.82) is 0 Å². The number of rotatable bonds is 3. The van der Waals surface area contributed by atoms with Crippen LogP contribution in [0.2, 0.25) is 0 Å². The van der Waals surface area contributed by atoms with Crippen molar-refractivity contribution in [1.82, 2.24) is 20.4 Å². The molecule has 3 heterocycles. The third kappa shape index (κ3) is 2.67. The molecule has 0 aromatic carbocycles. The first-order chi connectivity index (χ1) is 9.72. The SMILES string of the molecule is Cc1cc(NC(=O)c2noc(C3CCCN3)n2)ccn1. The molecule has 7 heteroatoms. The normalized spacial score (nSPS) is 18.1. The van der Waals surface area contributed by atoms with E-state index in [2.05, 4.69) is 25.8 Å². The van der Waals surface area contributed by atoms with Crippen LogP contribution in [0.3, 0.4) is 0 Å². The van der Waals surface area contributed by atoms with E-state index in [-0.39, 0.29) is 17.8 Å². The molecule has 1 atom stereocenters. The second-order valence-corrected chi connectivity index (χ2v) is 4.75. The summed E-state index contributed by atoms with van der Waals surface area (Å²) in [4.78, 5) is 20.2. The molecule has 7 nitrogen and oxygen atoms in total. The van der Waals surface area contributed by atoms with Crippen LogP contribution >= 0.6 is 0 Å². The second kappa shape index (κ2) is 5.38. The van der Waals surface area contributed by atoms with E-state index in [4.69, 9.17) is 4.52 Å². The zero-order valence-electron chi connectivity index (χ0n) is 11.1. The smallest absolute Gasteiger partial charge is 0.297 e. The number of nitrogens with one attached hydrogen (secondary N) is 2. The fourth-order valence-electron chi connectivity index (χ4n) is 2.17. The summed E-state index contributed by atoms with van der Waals surface area (Å²) in [7, 11) is 0. The van der Waals surface area contributed by atoms with E-state index in [9.17, 15) is 4.79 Å². The van der Waals surface area contributed by atoms with Gasteiger partial charge in [0.1, 0.15) is 0 Å². The Labute approximate surface area is 115 Å². The molecule has 3 rings (SSSR count). The number of hydrogen-bond acceptors (Lipinski definition) is 6. The summed E-state index contributed by atoms with van der Waals surface area (Å²) in [5.74, 6) is 0.130. The number of aromatic nitrogens is 3. The van der Waals surface area contributed by atoms with Crippen molar-refractivity contribution < 1.29 is 9.32 Å². The largest absolute Gasteiger partial charge is 0.337 e. The molecule has 0 spiro atoms. The van der Waals surface area contributed by atoms with Crippen LogP contribution in [0, 0.1) is 6.92 Å². The zero-order valence-corrected chi connectivity index (χ0v) is 11.1. The van der Waals surface area contributed by atoms with Gasteiger partial charge in [0.25, 0.3) is 11.7 Å². The van der Waals surface area contributed by atoms with E-state index in [1.807, 2.05) is 6.92 Å². The summed E-state index contributed by atoms with van der Waals surface area (Å²) in [6.45, 7) is 2.79. The van der Waals surface area contributed by atoms with Crippen LogP contribution in [-0.2, 0) is 0 Å². The van der Waals surface area contributed by atoms with Crippen molar-refractivity contribution in [3.05, 3.63) is 35.7 Å². The highest BCUT2D eigenvalue weighted by atomic mass is 16.5. The lowest BCUT2D eigenvalue weighted by atomic mass is 10.2. The van der Waals surface area contributed by atoms with Crippen LogP contribution in [0.15, 0.2) is 22.9 Å². The molecule has 1 aliphatic heterocycles. The maximum atomic E-state index is 12.0. The molecule has 20 heavy (non-hydrogen) atoms. The summed E-state index contributed by atoms with van der Waals surface area (Å²) in [5.41, 5.74) is 1.49. The van der Waals surface area contributed by atoms with Gasteiger partial charge in [0.05, 0.1) is 6.04 Å². The topological polar surface area (TPSA) is 92.9 Å². The van der Waals surface area contributed by atoms with Gasteiger partial charge in [-0.3, -0.25) is 9.78 Å². The molecule has 0 aliphatic carbocycles. The molecule has 0 radical (unpaired) electrons. The minimum atomic E-state index is -0.386. The predicted octanol–water partition coefficient (Wildman–Crippen LogP) is 1.45. The Morgan fingerprint density at radius 3 is 3.20 bits per heavy atom. The minimum absolute atomic E-state index is 0.0446. The van der Waals surface area contributed by atoms with E-state index < -0.39 is 0 Å². The molecule has 1 aliphatic rings. The standard InChI is InChI=1S/C13H15N5O2/c1-8-7-9(4-6-14-8)16-12(19)11-17-13(20-18-11)10-3-2-5-15-10/h4,6-7,10,15H,2-3,5H2,1H3,(H,14,16,19). The van der Waals surface area contributed by atoms with Crippen molar-refractivity contribution >= 4 is 11.6 Å². The molecule has 1 unspecified atom stereocenters. The van der Waals surface area contributed by atoms with Gasteiger partial charge in [-0.2, -0.15) is 4.98 Å². The third-order valence-electron chi connectivity index (χ3n) is 3.16. The number of nitrogens with zero attached hydrogens (tertiary/aromatic N) is 3. The average Bonchev–Trinajstić information content (AvgIpc) is 3.10. The zero-order chi connectivity index (χ0) is 13.9. The van der Waals surface area contributed by atoms with Gasteiger partial charge < -0.3 is 15.2 Å². The van der Waals surface area contributed by atoms with Crippen LogP contribution in [0.25, 0.3) is 0 Å². The Morgan fingerprint density at radius 2 is 2.45 bits per heavy atom. The van der Waals surface area contributed by atoms with Crippen molar-refractivity contribution in [2.24, 2.45) is 0 Å². The van der Waals surface area contributed by atoms with Gasteiger partial charge in [-0.1, -0.05) is 5.16 Å². The summed E-state index contributed by atoms with van der Waals surface area (Å²) in [5, 5.41) is 9.69. The number of pyridine rings is 1. The van der Waals surface area contributed by atoms with Crippen LogP contribution in [0.5, 0.6) is 0 Å². The first-order valence-electron chi connectivity index (χ1n) is 6.53. The van der Waals surface area contributed by atoms with Gasteiger partial charge in [-0.25, -0.2) is 0 Å². The van der Waals surface area contributed by atoms with E-state index in [0.29, 0.717) is 11.6 Å². The minimum Gasteiger partial charge on any atom is -0.337 e. The molecular weight excluding hydrogens is 258 g/mol. The Hall–Kier alpha value is -2.28. The first kappa shape index (κ1) is 12.7. The lowest BCUT2D eigenvalue weighted by molar-refractivity contribution is 0.101. The highest BCUT2D eigenvalue weighted by Crippen LogP contribution is 2.21. The number of amides is 1. The number of hydrogen-bond donors (Lipinski definition) is 2. The maximum absolute atomic E-state index is 12.0. The van der Waals surface area contributed by atoms with E-state index in [0.717, 1.165) is 25.1 Å². The lowest BCUT2D eigenvalue weighted by Crippen LogP contribution is -2.15. The Balaban J connectivity index is 1.71. The molecule has 2 N–H and O–H groups in total. The molecule has 1 fully saturated rings. The number of carbonyl (C=O) groups is 1. The quantitative estimate of drug-likeness (QED) is 0.879. The lowest BCUT2D eigenvalue weighted by Gasteiger charge is -2.02. The maximum Gasteiger partial charge on any atom is 0.297 e. The summed E-state index contributed by atoms with van der Waals surface area (Å²) < 4.78 is 5.13. The van der Waals surface area contributed by atoms with Crippen molar-refractivity contribution in [3.63, 3.8) is 0 Å². The predicted molar refractivity (Wildman–Crippen MR) is 71.2 cm³/mol. The first-order valence-corrected chi connectivity index (χ1v) is 6.53. The van der Waals surface area contributed by atoms with Crippen LogP contribution in [-0.4, -0.2) is 27.6 Å². The van der Waals surface area contributed by atoms with Crippen molar-refractivity contribution in [3.8, 4) is 0 Å². The summed E-state index contributed by atoms with van der Waals surface area (Å²) in [6, 6.07) is 3.55. The molecule has 0 saturated carbocycles. The number of anilines is 1. The highest BCUT2D eigenvalue weighted by molar-refractivity contribution is 6.01. The van der Waals surface area contributed by atoms with Gasteiger partial charge >= 0.3 is 0 Å². The van der Waals surface area contributed by atoms with Crippen LogP contribution in [0.1, 0.15) is 41.1 Å². The van der Waals surface area contributed by atoms with Crippen molar-refractivity contribution in [2.45, 2.75) is 25.8 Å². The van der Waals surface area contributed by atoms with Crippen LogP contribution in [0.4, 0.5) is 5.69 Å². The van der Waals surface area contributed by atoms with E-state index >= 15 is 0 Å². The third-order valence-corrected chi connectivity index (χ3v) is 3.16.